The minimum absolute atomic E-state index is 0.0372. The molecule has 2 aliphatic carbocycles. The third kappa shape index (κ3) is 2.91. The molecule has 8 heteroatoms. The summed E-state index contributed by atoms with van der Waals surface area (Å²) < 4.78 is 6.15. The Morgan fingerprint density at radius 1 is 1.16 bits per heavy atom. The first-order valence-electron chi connectivity index (χ1n) is 10.4. The number of halogens is 1. The molecular formula is C23H20ClN5O2. The van der Waals surface area contributed by atoms with Crippen LogP contribution >= 0.6 is 11.6 Å². The average molecular weight is 434 g/mol. The van der Waals surface area contributed by atoms with E-state index in [4.69, 9.17) is 16.3 Å². The van der Waals surface area contributed by atoms with E-state index in [0.717, 1.165) is 24.9 Å². The van der Waals surface area contributed by atoms with Crippen LogP contribution < -0.4 is 4.74 Å². The van der Waals surface area contributed by atoms with Gasteiger partial charge in [-0.15, -0.1) is 0 Å². The number of carbonyl (C=O) groups is 1. The van der Waals surface area contributed by atoms with Gasteiger partial charge in [-0.05, 0) is 49.4 Å². The van der Waals surface area contributed by atoms with Gasteiger partial charge in [0.05, 0.1) is 16.6 Å². The number of carbonyl (C=O) groups excluding carboxylic acids is 1. The molecule has 3 fully saturated rings. The predicted molar refractivity (Wildman–Crippen MR) is 114 cm³/mol. The molecule has 0 bridgehead atoms. The van der Waals surface area contributed by atoms with Gasteiger partial charge in [0.1, 0.15) is 11.8 Å². The first kappa shape index (κ1) is 18.7. The van der Waals surface area contributed by atoms with E-state index >= 15 is 0 Å². The summed E-state index contributed by atoms with van der Waals surface area (Å²) in [6.07, 6.45) is 8.68. The topological polar surface area (TPSA) is 81.1 Å². The van der Waals surface area contributed by atoms with Crippen molar-refractivity contribution in [2.24, 2.45) is 11.3 Å². The highest BCUT2D eigenvalue weighted by molar-refractivity contribution is 6.30. The van der Waals surface area contributed by atoms with Crippen LogP contribution in [0.5, 0.6) is 5.88 Å². The molecule has 3 aromatic rings. The van der Waals surface area contributed by atoms with Gasteiger partial charge >= 0.3 is 0 Å². The van der Waals surface area contributed by atoms with Crippen molar-refractivity contribution in [1.82, 2.24) is 24.8 Å². The van der Waals surface area contributed by atoms with E-state index in [1.54, 1.807) is 43.0 Å². The lowest BCUT2D eigenvalue weighted by Crippen LogP contribution is -2.59. The Kier molecular flexibility index (Phi) is 4.05. The Balaban J connectivity index is 1.30. The van der Waals surface area contributed by atoms with Crippen LogP contribution in [0.2, 0.25) is 5.02 Å². The van der Waals surface area contributed by atoms with E-state index in [2.05, 4.69) is 19.9 Å². The first-order valence-corrected chi connectivity index (χ1v) is 10.8. The molecule has 0 aromatic carbocycles. The van der Waals surface area contributed by atoms with E-state index in [-0.39, 0.29) is 23.5 Å². The molecule has 6 rings (SSSR count). The van der Waals surface area contributed by atoms with Gasteiger partial charge in [-0.1, -0.05) is 11.6 Å². The van der Waals surface area contributed by atoms with Crippen molar-refractivity contribution in [3.63, 3.8) is 0 Å². The lowest BCUT2D eigenvalue weighted by molar-refractivity contribution is -0.0346. The fraction of sp³-hybridized carbons (Fsp3) is 0.348. The lowest BCUT2D eigenvalue weighted by atomic mass is 9.73. The van der Waals surface area contributed by atoms with Crippen LogP contribution in [0.15, 0.2) is 49.1 Å². The molecule has 3 aliphatic rings. The van der Waals surface area contributed by atoms with Crippen LogP contribution in [0.4, 0.5) is 0 Å². The first-order chi connectivity index (χ1) is 15.0. The van der Waals surface area contributed by atoms with E-state index in [1.165, 1.54) is 0 Å². The second kappa shape index (κ2) is 6.72. The van der Waals surface area contributed by atoms with E-state index < -0.39 is 0 Å². The molecule has 4 unspecified atom stereocenters. The monoisotopic (exact) mass is 433 g/mol. The summed E-state index contributed by atoms with van der Waals surface area (Å²) in [6, 6.07) is 7.25. The van der Waals surface area contributed by atoms with Crippen LogP contribution in [0.25, 0.3) is 11.4 Å². The Bertz CT molecular complexity index is 1170. The number of aromatic nitrogens is 4. The Hall–Kier alpha value is -3.06. The molecule has 7 nitrogen and oxygen atoms in total. The van der Waals surface area contributed by atoms with Gasteiger partial charge in [-0.3, -0.25) is 9.78 Å². The number of pyridine rings is 2. The predicted octanol–water partition coefficient (Wildman–Crippen LogP) is 3.58. The van der Waals surface area contributed by atoms with Gasteiger partial charge in [-0.2, -0.15) is 0 Å². The highest BCUT2D eigenvalue weighted by atomic mass is 35.5. The molecule has 1 amide bonds. The number of likely N-dealkylation sites (tertiary alicyclic amines) is 1. The molecule has 1 aliphatic heterocycles. The zero-order chi connectivity index (χ0) is 21.2. The van der Waals surface area contributed by atoms with E-state index in [9.17, 15) is 4.79 Å². The maximum absolute atomic E-state index is 13.7. The summed E-state index contributed by atoms with van der Waals surface area (Å²) in [7, 11) is 0. The third-order valence-electron chi connectivity index (χ3n) is 6.82. The summed E-state index contributed by atoms with van der Waals surface area (Å²) in [4.78, 5) is 33.1. The van der Waals surface area contributed by atoms with Crippen LogP contribution in [0, 0.1) is 18.3 Å². The standard InChI is InChI=1S/C23H20ClN5O2/c1-13-7-16(21-25-5-2-6-26-21)19(28-10-13)22(30)29-12-14-8-23(14)9-17(20(23)29)31-18-4-3-15(24)11-27-18/h2-7,10-11,14,17,20H,8-9,12H2,1H3. The number of piperidine rings is 1. The summed E-state index contributed by atoms with van der Waals surface area (Å²) >= 11 is 5.93. The van der Waals surface area contributed by atoms with Crippen LogP contribution in [0.1, 0.15) is 28.9 Å². The van der Waals surface area contributed by atoms with Gasteiger partial charge in [0, 0.05) is 42.8 Å². The summed E-state index contributed by atoms with van der Waals surface area (Å²) in [5, 5.41) is 0.568. The molecule has 3 aromatic heterocycles. The number of nitrogens with zero attached hydrogens (tertiary/aromatic N) is 5. The maximum Gasteiger partial charge on any atom is 0.273 e. The zero-order valence-corrected chi connectivity index (χ0v) is 17.7. The normalized spacial score (nSPS) is 27.8. The molecule has 2 saturated carbocycles. The number of amides is 1. The minimum Gasteiger partial charge on any atom is -0.472 e. The van der Waals surface area contributed by atoms with Crippen LogP contribution in [-0.2, 0) is 0 Å². The summed E-state index contributed by atoms with van der Waals surface area (Å²) in [6.45, 7) is 2.69. The Morgan fingerprint density at radius 2 is 2.00 bits per heavy atom. The number of rotatable bonds is 4. The van der Waals surface area contributed by atoms with Crippen LogP contribution in [0.3, 0.4) is 0 Å². The highest BCUT2D eigenvalue weighted by Gasteiger charge is 2.76. The largest absolute Gasteiger partial charge is 0.472 e. The van der Waals surface area contributed by atoms with Gasteiger partial charge in [0.25, 0.3) is 5.91 Å². The Morgan fingerprint density at radius 3 is 2.77 bits per heavy atom. The molecule has 4 heterocycles. The van der Waals surface area contributed by atoms with Crippen molar-refractivity contribution in [2.75, 3.05) is 6.54 Å². The van der Waals surface area contributed by atoms with Gasteiger partial charge < -0.3 is 9.64 Å². The van der Waals surface area contributed by atoms with Gasteiger partial charge in [0.15, 0.2) is 5.82 Å². The van der Waals surface area contributed by atoms with Crippen molar-refractivity contribution >= 4 is 17.5 Å². The van der Waals surface area contributed by atoms with Crippen molar-refractivity contribution in [3.8, 4) is 17.3 Å². The number of hydrogen-bond donors (Lipinski definition) is 0. The lowest BCUT2D eigenvalue weighted by Gasteiger charge is -2.46. The van der Waals surface area contributed by atoms with Crippen LogP contribution in [-0.4, -0.2) is 49.4 Å². The van der Waals surface area contributed by atoms with Crippen molar-refractivity contribution in [3.05, 3.63) is 65.3 Å². The molecule has 0 N–H and O–H groups in total. The number of hydrogen-bond acceptors (Lipinski definition) is 6. The Labute approximate surface area is 184 Å². The molecule has 0 radical (unpaired) electrons. The molecule has 4 atom stereocenters. The third-order valence-corrected chi connectivity index (χ3v) is 7.05. The van der Waals surface area contributed by atoms with Gasteiger partial charge in [-0.25, -0.2) is 15.0 Å². The van der Waals surface area contributed by atoms with Crippen molar-refractivity contribution < 1.29 is 9.53 Å². The minimum atomic E-state index is -0.0867. The fourth-order valence-corrected chi connectivity index (χ4v) is 5.44. The highest BCUT2D eigenvalue weighted by Crippen LogP contribution is 2.71. The SMILES string of the molecule is Cc1cnc(C(=O)N2CC3CC34CC(Oc3ccc(Cl)cn3)C24)c(-c2ncccn2)c1. The molecule has 156 valence electrons. The quantitative estimate of drug-likeness (QED) is 0.625. The van der Waals surface area contributed by atoms with Crippen molar-refractivity contribution in [2.45, 2.75) is 31.9 Å². The molecular weight excluding hydrogens is 414 g/mol. The molecule has 1 saturated heterocycles. The second-order valence-electron chi connectivity index (χ2n) is 8.69. The maximum atomic E-state index is 13.7. The smallest absolute Gasteiger partial charge is 0.273 e. The summed E-state index contributed by atoms with van der Waals surface area (Å²) in [5.41, 5.74) is 2.21. The second-order valence-corrected chi connectivity index (χ2v) is 9.13. The number of ether oxygens (including phenoxy) is 1. The fourth-order valence-electron chi connectivity index (χ4n) is 5.32. The average Bonchev–Trinajstić information content (AvgIpc) is 3.43. The zero-order valence-electron chi connectivity index (χ0n) is 16.9. The molecule has 1 spiro atoms. The van der Waals surface area contributed by atoms with E-state index in [1.807, 2.05) is 17.9 Å². The van der Waals surface area contributed by atoms with Gasteiger partial charge in [0.2, 0.25) is 5.88 Å². The summed E-state index contributed by atoms with van der Waals surface area (Å²) in [5.74, 6) is 1.50. The molecule has 31 heavy (non-hydrogen) atoms. The number of aryl methyl sites for hydroxylation is 1. The van der Waals surface area contributed by atoms with E-state index in [0.29, 0.717) is 33.9 Å². The van der Waals surface area contributed by atoms with Crippen molar-refractivity contribution in [1.29, 1.82) is 0 Å².